The van der Waals surface area contributed by atoms with Crippen LogP contribution < -0.4 is 4.31 Å². The number of carbonyl (C=O) groups is 1. The van der Waals surface area contributed by atoms with Crippen molar-refractivity contribution < 1.29 is 26.7 Å². The standard InChI is InChI=1S/C11H14ClNO6S2/c1-20(16,17)5-6-21(18,19)13(8-11(14)15)10-4-2-3-9(12)7-10/h2-4,7H,5-6,8H2,1H3,(H,14,15). The zero-order valence-electron chi connectivity index (χ0n) is 11.1. The van der Waals surface area contributed by atoms with Crippen molar-refractivity contribution in [2.45, 2.75) is 0 Å². The van der Waals surface area contributed by atoms with Crippen LogP contribution in [0.2, 0.25) is 5.02 Å². The van der Waals surface area contributed by atoms with E-state index in [1.165, 1.54) is 24.3 Å². The summed E-state index contributed by atoms with van der Waals surface area (Å²) in [6.07, 6.45) is 0.906. The first-order valence-electron chi connectivity index (χ1n) is 5.67. The molecule has 0 saturated heterocycles. The van der Waals surface area contributed by atoms with Crippen molar-refractivity contribution in [1.82, 2.24) is 0 Å². The van der Waals surface area contributed by atoms with Crippen molar-refractivity contribution in [3.05, 3.63) is 29.3 Å². The highest BCUT2D eigenvalue weighted by Gasteiger charge is 2.26. The van der Waals surface area contributed by atoms with Crippen molar-refractivity contribution in [3.63, 3.8) is 0 Å². The summed E-state index contributed by atoms with van der Waals surface area (Å²) in [4.78, 5) is 10.9. The van der Waals surface area contributed by atoms with E-state index in [2.05, 4.69) is 0 Å². The van der Waals surface area contributed by atoms with Gasteiger partial charge in [-0.1, -0.05) is 17.7 Å². The van der Waals surface area contributed by atoms with Crippen LogP contribution in [-0.4, -0.2) is 52.2 Å². The molecule has 0 heterocycles. The Balaban J connectivity index is 3.15. The lowest BCUT2D eigenvalue weighted by Crippen LogP contribution is -2.38. The Kier molecular flexibility index (Phi) is 5.60. The molecule has 21 heavy (non-hydrogen) atoms. The predicted octanol–water partition coefficient (Wildman–Crippen LogP) is 0.605. The molecular weight excluding hydrogens is 342 g/mol. The number of hydrogen-bond donors (Lipinski definition) is 1. The maximum absolute atomic E-state index is 12.2. The minimum absolute atomic E-state index is 0.0680. The van der Waals surface area contributed by atoms with E-state index < -0.39 is 43.9 Å². The van der Waals surface area contributed by atoms with Crippen LogP contribution in [0.3, 0.4) is 0 Å². The molecule has 1 N–H and O–H groups in total. The van der Waals surface area contributed by atoms with Gasteiger partial charge in [0.2, 0.25) is 10.0 Å². The Bertz CT molecular complexity index is 729. The van der Waals surface area contributed by atoms with Crippen molar-refractivity contribution in [2.75, 3.05) is 28.6 Å². The Morgan fingerprint density at radius 3 is 2.33 bits per heavy atom. The number of carboxylic acid groups (broad SMARTS) is 1. The first-order valence-corrected chi connectivity index (χ1v) is 9.71. The van der Waals surface area contributed by atoms with Crippen LogP contribution in [0, 0.1) is 0 Å². The molecule has 0 amide bonds. The van der Waals surface area contributed by atoms with Gasteiger partial charge in [0.05, 0.1) is 17.2 Å². The third kappa shape index (κ3) is 5.90. The maximum atomic E-state index is 12.2. The SMILES string of the molecule is CS(=O)(=O)CCS(=O)(=O)N(CC(=O)O)c1cccc(Cl)c1. The van der Waals surface area contributed by atoms with Gasteiger partial charge in [-0.25, -0.2) is 16.8 Å². The van der Waals surface area contributed by atoms with Crippen LogP contribution in [0.4, 0.5) is 5.69 Å². The zero-order chi connectivity index (χ0) is 16.3. The average molecular weight is 356 g/mol. The van der Waals surface area contributed by atoms with E-state index in [1.807, 2.05) is 0 Å². The van der Waals surface area contributed by atoms with Gasteiger partial charge in [-0.3, -0.25) is 9.10 Å². The van der Waals surface area contributed by atoms with Gasteiger partial charge in [-0.2, -0.15) is 0 Å². The minimum Gasteiger partial charge on any atom is -0.480 e. The fourth-order valence-electron chi connectivity index (χ4n) is 1.47. The summed E-state index contributed by atoms with van der Waals surface area (Å²) >= 11 is 5.76. The van der Waals surface area contributed by atoms with Crippen molar-refractivity contribution in [1.29, 1.82) is 0 Å². The number of halogens is 1. The molecule has 10 heteroatoms. The lowest BCUT2D eigenvalue weighted by Gasteiger charge is -2.22. The summed E-state index contributed by atoms with van der Waals surface area (Å²) in [5.41, 5.74) is 0.0680. The van der Waals surface area contributed by atoms with E-state index in [0.717, 1.165) is 6.26 Å². The molecule has 0 saturated carbocycles. The number of rotatable bonds is 7. The summed E-state index contributed by atoms with van der Waals surface area (Å²) in [5, 5.41) is 9.09. The summed E-state index contributed by atoms with van der Waals surface area (Å²) in [6.45, 7) is -0.813. The molecule has 118 valence electrons. The largest absolute Gasteiger partial charge is 0.480 e. The molecule has 0 aliphatic carbocycles. The highest BCUT2D eigenvalue weighted by molar-refractivity contribution is 7.95. The van der Waals surface area contributed by atoms with E-state index in [1.54, 1.807) is 0 Å². The molecule has 0 bridgehead atoms. The molecule has 0 aliphatic heterocycles. The topological polar surface area (TPSA) is 109 Å². The van der Waals surface area contributed by atoms with Crippen LogP contribution in [0.15, 0.2) is 24.3 Å². The number of carboxylic acids is 1. The van der Waals surface area contributed by atoms with E-state index >= 15 is 0 Å². The minimum atomic E-state index is -4.11. The van der Waals surface area contributed by atoms with Gasteiger partial charge >= 0.3 is 5.97 Å². The van der Waals surface area contributed by atoms with Crippen molar-refractivity contribution in [3.8, 4) is 0 Å². The molecule has 7 nitrogen and oxygen atoms in total. The van der Waals surface area contributed by atoms with Gasteiger partial charge in [0.1, 0.15) is 16.4 Å². The van der Waals surface area contributed by atoms with E-state index in [9.17, 15) is 21.6 Å². The third-order valence-electron chi connectivity index (χ3n) is 2.42. The van der Waals surface area contributed by atoms with Gasteiger partial charge in [0.15, 0.2) is 0 Å². The first kappa shape index (κ1) is 17.7. The van der Waals surface area contributed by atoms with Crippen molar-refractivity contribution in [2.24, 2.45) is 0 Å². The molecule has 0 spiro atoms. The van der Waals surface area contributed by atoms with Crippen molar-refractivity contribution >= 4 is 43.1 Å². The van der Waals surface area contributed by atoms with E-state index in [-0.39, 0.29) is 10.7 Å². The van der Waals surface area contributed by atoms with E-state index in [4.69, 9.17) is 16.7 Å². The summed E-state index contributed by atoms with van der Waals surface area (Å²) < 4.78 is 47.2. The average Bonchev–Trinajstić information content (AvgIpc) is 2.32. The highest BCUT2D eigenvalue weighted by Crippen LogP contribution is 2.22. The quantitative estimate of drug-likeness (QED) is 0.767. The lowest BCUT2D eigenvalue weighted by atomic mass is 10.3. The number of sulfone groups is 1. The fraction of sp³-hybridized carbons (Fsp3) is 0.364. The van der Waals surface area contributed by atoms with Crippen LogP contribution in [0.5, 0.6) is 0 Å². The maximum Gasteiger partial charge on any atom is 0.324 e. The second kappa shape index (κ2) is 6.63. The zero-order valence-corrected chi connectivity index (χ0v) is 13.4. The lowest BCUT2D eigenvalue weighted by molar-refractivity contribution is -0.135. The normalized spacial score (nSPS) is 12.1. The molecule has 1 aromatic carbocycles. The number of anilines is 1. The first-order chi connectivity index (χ1) is 9.51. The molecule has 0 unspecified atom stereocenters. The summed E-state index contributed by atoms with van der Waals surface area (Å²) in [6, 6.07) is 5.65. The molecular formula is C11H14ClNO6S2. The Morgan fingerprint density at radius 1 is 1.24 bits per heavy atom. The number of benzene rings is 1. The second-order valence-electron chi connectivity index (χ2n) is 4.33. The van der Waals surface area contributed by atoms with Crippen LogP contribution >= 0.6 is 11.6 Å². The van der Waals surface area contributed by atoms with Gasteiger partial charge in [-0.05, 0) is 18.2 Å². The summed E-state index contributed by atoms with van der Waals surface area (Å²) in [7, 11) is -7.59. The number of hydrogen-bond acceptors (Lipinski definition) is 5. The smallest absolute Gasteiger partial charge is 0.324 e. The van der Waals surface area contributed by atoms with Gasteiger partial charge in [0.25, 0.3) is 0 Å². The van der Waals surface area contributed by atoms with Crippen LogP contribution in [-0.2, 0) is 24.7 Å². The Hall–Kier alpha value is -1.32. The summed E-state index contributed by atoms with van der Waals surface area (Å²) in [5.74, 6) is -2.66. The molecule has 0 aromatic heterocycles. The van der Waals surface area contributed by atoms with Gasteiger partial charge in [0, 0.05) is 11.3 Å². The molecule has 1 rings (SSSR count). The van der Waals surface area contributed by atoms with E-state index in [0.29, 0.717) is 4.31 Å². The van der Waals surface area contributed by atoms with Crippen LogP contribution in [0.1, 0.15) is 0 Å². The van der Waals surface area contributed by atoms with Gasteiger partial charge in [-0.15, -0.1) is 0 Å². The predicted molar refractivity (Wildman–Crippen MR) is 79.9 cm³/mol. The van der Waals surface area contributed by atoms with Gasteiger partial charge < -0.3 is 5.11 Å². The van der Waals surface area contributed by atoms with Crippen LogP contribution in [0.25, 0.3) is 0 Å². The molecule has 0 atom stereocenters. The molecule has 0 fully saturated rings. The number of sulfonamides is 1. The fourth-order valence-corrected chi connectivity index (χ4v) is 4.67. The number of nitrogens with zero attached hydrogens (tertiary/aromatic N) is 1. The number of aliphatic carboxylic acids is 1. The Labute approximate surface area is 128 Å². The Morgan fingerprint density at radius 2 is 1.86 bits per heavy atom. The molecule has 0 radical (unpaired) electrons. The molecule has 1 aromatic rings. The highest BCUT2D eigenvalue weighted by atomic mass is 35.5. The monoisotopic (exact) mass is 355 g/mol. The third-order valence-corrected chi connectivity index (χ3v) is 5.59. The molecule has 0 aliphatic rings. The second-order valence-corrected chi connectivity index (χ2v) is 9.04.